The summed E-state index contributed by atoms with van der Waals surface area (Å²) in [4.78, 5) is 4.27. The summed E-state index contributed by atoms with van der Waals surface area (Å²) in [6, 6.07) is 0.600. The third-order valence-corrected chi connectivity index (χ3v) is 1.91. The van der Waals surface area contributed by atoms with E-state index in [-0.39, 0.29) is 0 Å². The van der Waals surface area contributed by atoms with E-state index in [1.807, 2.05) is 6.92 Å². The van der Waals surface area contributed by atoms with Crippen molar-refractivity contribution in [1.29, 1.82) is 0 Å². The van der Waals surface area contributed by atoms with Crippen LogP contribution in [0.2, 0.25) is 0 Å². The van der Waals surface area contributed by atoms with Gasteiger partial charge < -0.3 is 5.32 Å². The van der Waals surface area contributed by atoms with E-state index in [9.17, 15) is 0 Å². The summed E-state index contributed by atoms with van der Waals surface area (Å²) in [7, 11) is 0. The van der Waals surface area contributed by atoms with Gasteiger partial charge in [0, 0.05) is 12.6 Å². The number of hydrogen-bond donors (Lipinski definition) is 1. The van der Waals surface area contributed by atoms with E-state index < -0.39 is 0 Å². The number of nitrogens with one attached hydrogen (secondary N) is 1. The summed E-state index contributed by atoms with van der Waals surface area (Å²) >= 11 is 0. The van der Waals surface area contributed by atoms with E-state index in [1.165, 1.54) is 0 Å². The first-order valence-corrected chi connectivity index (χ1v) is 3.47. The Morgan fingerprint density at radius 3 is 2.67 bits per heavy atom. The molecule has 0 aliphatic carbocycles. The molecular formula is C7H14N2. The van der Waals surface area contributed by atoms with Crippen LogP contribution in [-0.2, 0) is 0 Å². The van der Waals surface area contributed by atoms with Gasteiger partial charge in [-0.3, -0.25) is 4.99 Å². The van der Waals surface area contributed by atoms with Crippen molar-refractivity contribution in [3.05, 3.63) is 0 Å². The molecule has 1 rings (SSSR count). The van der Waals surface area contributed by atoms with Crippen LogP contribution in [0.1, 0.15) is 20.8 Å². The first kappa shape index (κ1) is 6.59. The predicted octanol–water partition coefficient (Wildman–Crippen LogP) is 1.03. The summed E-state index contributed by atoms with van der Waals surface area (Å²) in [5.74, 6) is 1.77. The van der Waals surface area contributed by atoms with E-state index in [2.05, 4.69) is 24.2 Å². The molecule has 0 aromatic rings. The molecule has 52 valence electrons. The first-order valence-electron chi connectivity index (χ1n) is 3.47. The summed E-state index contributed by atoms with van der Waals surface area (Å²) in [6.07, 6.45) is 0. The van der Waals surface area contributed by atoms with Crippen LogP contribution in [-0.4, -0.2) is 18.4 Å². The van der Waals surface area contributed by atoms with Crippen molar-refractivity contribution in [3.8, 4) is 0 Å². The van der Waals surface area contributed by atoms with Crippen LogP contribution in [0.25, 0.3) is 0 Å². The maximum Gasteiger partial charge on any atom is 0.0933 e. The molecule has 2 nitrogen and oxygen atoms in total. The lowest BCUT2D eigenvalue weighted by Gasteiger charge is -2.25. The monoisotopic (exact) mass is 126 g/mol. The average molecular weight is 126 g/mol. The highest BCUT2D eigenvalue weighted by Crippen LogP contribution is 2.06. The van der Waals surface area contributed by atoms with Crippen LogP contribution in [0.3, 0.4) is 0 Å². The van der Waals surface area contributed by atoms with Gasteiger partial charge in [0.05, 0.1) is 5.84 Å². The molecule has 0 saturated carbocycles. The SMILES string of the molecule is CC1=NCC(C)C(C)N1. The number of rotatable bonds is 0. The summed E-state index contributed by atoms with van der Waals surface area (Å²) < 4.78 is 0. The van der Waals surface area contributed by atoms with Crippen molar-refractivity contribution in [1.82, 2.24) is 5.32 Å². The minimum absolute atomic E-state index is 0.600. The number of amidine groups is 1. The van der Waals surface area contributed by atoms with Gasteiger partial charge in [-0.25, -0.2) is 0 Å². The third kappa shape index (κ3) is 1.44. The van der Waals surface area contributed by atoms with Gasteiger partial charge in [-0.05, 0) is 19.8 Å². The van der Waals surface area contributed by atoms with Gasteiger partial charge in [0.1, 0.15) is 0 Å². The second kappa shape index (κ2) is 2.38. The molecule has 1 aliphatic heterocycles. The smallest absolute Gasteiger partial charge is 0.0933 e. The molecule has 2 heteroatoms. The first-order chi connectivity index (χ1) is 4.20. The Bertz CT molecular complexity index is 129. The van der Waals surface area contributed by atoms with Crippen molar-refractivity contribution in [2.45, 2.75) is 26.8 Å². The van der Waals surface area contributed by atoms with Crippen LogP contribution >= 0.6 is 0 Å². The van der Waals surface area contributed by atoms with Gasteiger partial charge in [-0.15, -0.1) is 0 Å². The van der Waals surface area contributed by atoms with Crippen LogP contribution in [0.5, 0.6) is 0 Å². The highest BCUT2D eigenvalue weighted by atomic mass is 15.0. The van der Waals surface area contributed by atoms with Gasteiger partial charge in [0.2, 0.25) is 0 Å². The molecular weight excluding hydrogens is 112 g/mol. The van der Waals surface area contributed by atoms with Crippen LogP contribution in [0, 0.1) is 5.92 Å². The fourth-order valence-corrected chi connectivity index (χ4v) is 0.956. The van der Waals surface area contributed by atoms with Gasteiger partial charge >= 0.3 is 0 Å². The molecule has 0 amide bonds. The molecule has 0 radical (unpaired) electrons. The number of aliphatic imine (C=N–C) groups is 1. The Balaban J connectivity index is 2.54. The standard InChI is InChI=1S/C7H14N2/c1-5-4-8-7(3)9-6(5)2/h5-6H,4H2,1-3H3,(H,8,9). The predicted molar refractivity (Wildman–Crippen MR) is 39.7 cm³/mol. The van der Waals surface area contributed by atoms with Gasteiger partial charge in [-0.1, -0.05) is 6.92 Å². The van der Waals surface area contributed by atoms with E-state index in [4.69, 9.17) is 0 Å². The molecule has 2 unspecified atom stereocenters. The summed E-state index contributed by atoms with van der Waals surface area (Å²) in [5.41, 5.74) is 0. The lowest BCUT2D eigenvalue weighted by Crippen LogP contribution is -2.40. The minimum atomic E-state index is 0.600. The average Bonchev–Trinajstić information content (AvgIpc) is 1.80. The molecule has 0 fully saturated rings. The second-order valence-electron chi connectivity index (χ2n) is 2.84. The van der Waals surface area contributed by atoms with Gasteiger partial charge in [0.15, 0.2) is 0 Å². The molecule has 0 spiro atoms. The maximum absolute atomic E-state index is 4.27. The second-order valence-corrected chi connectivity index (χ2v) is 2.84. The number of nitrogens with zero attached hydrogens (tertiary/aromatic N) is 1. The molecule has 0 aromatic carbocycles. The zero-order chi connectivity index (χ0) is 6.85. The Hall–Kier alpha value is -0.530. The van der Waals surface area contributed by atoms with Crippen molar-refractivity contribution in [2.75, 3.05) is 6.54 Å². The van der Waals surface area contributed by atoms with Crippen molar-refractivity contribution in [2.24, 2.45) is 10.9 Å². The summed E-state index contributed by atoms with van der Waals surface area (Å²) in [5, 5.41) is 3.28. The Kier molecular flexibility index (Phi) is 1.74. The Morgan fingerprint density at radius 2 is 2.22 bits per heavy atom. The normalized spacial score (nSPS) is 35.2. The lowest BCUT2D eigenvalue weighted by atomic mass is 10.0. The Labute approximate surface area is 56.4 Å². The van der Waals surface area contributed by atoms with Gasteiger partial charge in [0.25, 0.3) is 0 Å². The zero-order valence-corrected chi connectivity index (χ0v) is 6.31. The van der Waals surface area contributed by atoms with Crippen LogP contribution < -0.4 is 5.32 Å². The van der Waals surface area contributed by atoms with Gasteiger partial charge in [-0.2, -0.15) is 0 Å². The minimum Gasteiger partial charge on any atom is -0.371 e. The largest absolute Gasteiger partial charge is 0.371 e. The summed E-state index contributed by atoms with van der Waals surface area (Å²) in [6.45, 7) is 7.42. The zero-order valence-electron chi connectivity index (χ0n) is 6.31. The number of hydrogen-bond acceptors (Lipinski definition) is 2. The molecule has 0 bridgehead atoms. The molecule has 0 aromatic heterocycles. The lowest BCUT2D eigenvalue weighted by molar-refractivity contribution is 0.438. The topological polar surface area (TPSA) is 24.4 Å². The van der Waals surface area contributed by atoms with Crippen molar-refractivity contribution in [3.63, 3.8) is 0 Å². The van der Waals surface area contributed by atoms with Crippen LogP contribution in [0.15, 0.2) is 4.99 Å². The third-order valence-electron chi connectivity index (χ3n) is 1.91. The van der Waals surface area contributed by atoms with E-state index in [0.29, 0.717) is 12.0 Å². The maximum atomic E-state index is 4.27. The highest BCUT2D eigenvalue weighted by Gasteiger charge is 2.15. The van der Waals surface area contributed by atoms with E-state index in [0.717, 1.165) is 12.4 Å². The fraction of sp³-hybridized carbons (Fsp3) is 0.857. The molecule has 1 heterocycles. The van der Waals surface area contributed by atoms with E-state index >= 15 is 0 Å². The molecule has 1 aliphatic rings. The quantitative estimate of drug-likeness (QED) is 0.515. The highest BCUT2D eigenvalue weighted by molar-refractivity contribution is 5.80. The van der Waals surface area contributed by atoms with Crippen molar-refractivity contribution < 1.29 is 0 Å². The molecule has 2 atom stereocenters. The Morgan fingerprint density at radius 1 is 1.56 bits per heavy atom. The van der Waals surface area contributed by atoms with Crippen LogP contribution in [0.4, 0.5) is 0 Å². The molecule has 9 heavy (non-hydrogen) atoms. The molecule has 1 N–H and O–H groups in total. The fourth-order valence-electron chi connectivity index (χ4n) is 0.956. The van der Waals surface area contributed by atoms with Crippen molar-refractivity contribution >= 4 is 5.84 Å². The van der Waals surface area contributed by atoms with E-state index in [1.54, 1.807) is 0 Å². The molecule has 0 saturated heterocycles.